The fourth-order valence-corrected chi connectivity index (χ4v) is 4.33. The Balaban J connectivity index is 1.59. The van der Waals surface area contributed by atoms with Crippen molar-refractivity contribution >= 4 is 44.7 Å². The third kappa shape index (κ3) is 3.76. The van der Waals surface area contributed by atoms with Crippen LogP contribution in [-0.2, 0) is 17.9 Å². The molecular weight excluding hydrogens is 414 g/mol. The highest BCUT2D eigenvalue weighted by atomic mass is 35.5. The lowest BCUT2D eigenvalue weighted by Crippen LogP contribution is -2.22. The van der Waals surface area contributed by atoms with Crippen LogP contribution >= 0.6 is 22.9 Å². The zero-order valence-corrected chi connectivity index (χ0v) is 17.6. The second kappa shape index (κ2) is 7.94. The molecule has 0 radical (unpaired) electrons. The Labute approximate surface area is 175 Å². The number of fused-ring (bicyclic) bond motifs is 2. The number of aryl methyl sites for hydroxylation is 1. The Morgan fingerprint density at radius 2 is 2.07 bits per heavy atom. The highest BCUT2D eigenvalue weighted by molar-refractivity contribution is 7.20. The summed E-state index contributed by atoms with van der Waals surface area (Å²) in [6, 6.07) is 3.60. The number of imidazole rings is 1. The van der Waals surface area contributed by atoms with E-state index >= 15 is 0 Å². The smallest absolute Gasteiger partial charge is 0.262 e. The molecule has 0 saturated heterocycles. The molecule has 0 aliphatic heterocycles. The van der Waals surface area contributed by atoms with Crippen molar-refractivity contribution in [2.45, 2.75) is 20.1 Å². The molecule has 4 heterocycles. The molecule has 8 nitrogen and oxygen atoms in total. The average Bonchev–Trinajstić information content (AvgIpc) is 3.26. The summed E-state index contributed by atoms with van der Waals surface area (Å²) in [6.07, 6.45) is 3.61. The lowest BCUT2D eigenvalue weighted by molar-refractivity contribution is 0.0954. The molecular formula is C19H18ClN5O3S. The van der Waals surface area contributed by atoms with Gasteiger partial charge in [0.2, 0.25) is 5.88 Å². The molecule has 0 unspecified atom stereocenters. The molecule has 0 atom stereocenters. The van der Waals surface area contributed by atoms with Crippen LogP contribution in [0.15, 0.2) is 24.5 Å². The number of nitrogens with one attached hydrogen (secondary N) is 1. The van der Waals surface area contributed by atoms with Crippen LogP contribution in [0, 0.1) is 6.92 Å². The fourth-order valence-electron chi connectivity index (χ4n) is 3.06. The first-order valence-corrected chi connectivity index (χ1v) is 9.94. The van der Waals surface area contributed by atoms with Crippen molar-refractivity contribution in [1.82, 2.24) is 24.7 Å². The average molecular weight is 432 g/mol. The molecule has 1 amide bonds. The van der Waals surface area contributed by atoms with Crippen molar-refractivity contribution in [3.63, 3.8) is 0 Å². The predicted molar refractivity (Wildman–Crippen MR) is 111 cm³/mol. The Morgan fingerprint density at radius 3 is 2.83 bits per heavy atom. The number of nitrogens with zero attached hydrogens (tertiary/aromatic N) is 4. The van der Waals surface area contributed by atoms with Crippen LogP contribution in [0.2, 0.25) is 5.02 Å². The summed E-state index contributed by atoms with van der Waals surface area (Å²) < 4.78 is 12.3. The third-order valence-electron chi connectivity index (χ3n) is 4.37. The molecule has 29 heavy (non-hydrogen) atoms. The van der Waals surface area contributed by atoms with Gasteiger partial charge in [-0.05, 0) is 24.6 Å². The molecule has 4 rings (SSSR count). The molecule has 0 aromatic carbocycles. The zero-order valence-electron chi connectivity index (χ0n) is 16.0. The minimum atomic E-state index is -0.198. The predicted octanol–water partition coefficient (Wildman–Crippen LogP) is 3.39. The summed E-state index contributed by atoms with van der Waals surface area (Å²) in [5.74, 6) is 0.747. The molecule has 0 bridgehead atoms. The van der Waals surface area contributed by atoms with Crippen LogP contribution in [0.5, 0.6) is 5.88 Å². The van der Waals surface area contributed by atoms with E-state index in [1.165, 1.54) is 11.3 Å². The zero-order chi connectivity index (χ0) is 20.5. The van der Waals surface area contributed by atoms with Gasteiger partial charge in [0.1, 0.15) is 17.1 Å². The van der Waals surface area contributed by atoms with Crippen LogP contribution < -0.4 is 10.1 Å². The van der Waals surface area contributed by atoms with Crippen molar-refractivity contribution in [3.05, 3.63) is 51.5 Å². The van der Waals surface area contributed by atoms with Crippen molar-refractivity contribution < 1.29 is 14.3 Å². The van der Waals surface area contributed by atoms with E-state index in [4.69, 9.17) is 21.1 Å². The van der Waals surface area contributed by atoms with Gasteiger partial charge in [-0.15, -0.1) is 11.3 Å². The van der Waals surface area contributed by atoms with E-state index in [0.717, 1.165) is 22.3 Å². The van der Waals surface area contributed by atoms with Crippen LogP contribution in [0.1, 0.15) is 26.8 Å². The largest absolute Gasteiger partial charge is 0.480 e. The van der Waals surface area contributed by atoms with Gasteiger partial charge in [-0.3, -0.25) is 4.79 Å². The van der Waals surface area contributed by atoms with Gasteiger partial charge in [0.05, 0.1) is 34.6 Å². The van der Waals surface area contributed by atoms with E-state index in [9.17, 15) is 4.79 Å². The number of hydrogen-bond acceptors (Lipinski definition) is 7. The maximum absolute atomic E-state index is 12.8. The standard InChI is InChI=1S/C19H18ClN5O3S/c1-10-15-18(28-3)23-13(9-27-2)24-19(15)29-16(10)17(26)21-6-12-8-25-7-11(20)4-5-14(25)22-12/h4-5,7-8H,6,9H2,1-3H3,(H,21,26). The number of aromatic nitrogens is 4. The molecule has 0 spiro atoms. The second-order valence-corrected chi connectivity index (χ2v) is 7.78. The summed E-state index contributed by atoms with van der Waals surface area (Å²) in [4.78, 5) is 27.4. The molecule has 0 aliphatic rings. The molecule has 0 fully saturated rings. The van der Waals surface area contributed by atoms with Crippen molar-refractivity contribution in [2.75, 3.05) is 14.2 Å². The maximum atomic E-state index is 12.8. The number of thiophene rings is 1. The van der Waals surface area contributed by atoms with Crippen molar-refractivity contribution in [3.8, 4) is 5.88 Å². The van der Waals surface area contributed by atoms with Gasteiger partial charge >= 0.3 is 0 Å². The van der Waals surface area contributed by atoms with Crippen LogP contribution in [-0.4, -0.2) is 39.5 Å². The molecule has 4 aromatic heterocycles. The Morgan fingerprint density at radius 1 is 1.24 bits per heavy atom. The van der Waals surface area contributed by atoms with Gasteiger partial charge in [0.25, 0.3) is 5.91 Å². The molecule has 10 heteroatoms. The quantitative estimate of drug-likeness (QED) is 0.503. The monoisotopic (exact) mass is 431 g/mol. The molecule has 0 aliphatic carbocycles. The summed E-state index contributed by atoms with van der Waals surface area (Å²) in [6.45, 7) is 2.43. The van der Waals surface area contributed by atoms with Crippen molar-refractivity contribution in [1.29, 1.82) is 0 Å². The summed E-state index contributed by atoms with van der Waals surface area (Å²) in [5.41, 5.74) is 2.28. The number of rotatable bonds is 6. The van der Waals surface area contributed by atoms with Gasteiger partial charge < -0.3 is 19.2 Å². The Bertz CT molecular complexity index is 1220. The number of methoxy groups -OCH3 is 2. The minimum Gasteiger partial charge on any atom is -0.480 e. The second-order valence-electron chi connectivity index (χ2n) is 6.35. The molecule has 0 saturated carbocycles. The number of amides is 1. The topological polar surface area (TPSA) is 90.6 Å². The number of hydrogen-bond donors (Lipinski definition) is 1. The van der Waals surface area contributed by atoms with E-state index in [-0.39, 0.29) is 12.5 Å². The van der Waals surface area contributed by atoms with Gasteiger partial charge in [0, 0.05) is 19.5 Å². The first-order chi connectivity index (χ1) is 14.0. The van der Waals surface area contributed by atoms with Crippen LogP contribution in [0.4, 0.5) is 0 Å². The SMILES string of the molecule is COCc1nc(OC)c2c(C)c(C(=O)NCc3cn4cc(Cl)ccc4n3)sc2n1. The van der Waals surface area contributed by atoms with Crippen LogP contribution in [0.25, 0.3) is 15.9 Å². The summed E-state index contributed by atoms with van der Waals surface area (Å²) in [7, 11) is 3.12. The van der Waals surface area contributed by atoms with Gasteiger partial charge in [0.15, 0.2) is 5.82 Å². The Hall–Kier alpha value is -2.75. The molecule has 4 aromatic rings. The summed E-state index contributed by atoms with van der Waals surface area (Å²) in [5, 5.41) is 4.28. The van der Waals surface area contributed by atoms with E-state index in [2.05, 4.69) is 20.3 Å². The molecule has 1 N–H and O–H groups in total. The number of carbonyl (C=O) groups excluding carboxylic acids is 1. The third-order valence-corrected chi connectivity index (χ3v) is 5.78. The van der Waals surface area contributed by atoms with E-state index in [0.29, 0.717) is 33.0 Å². The number of carbonyl (C=O) groups is 1. The highest BCUT2D eigenvalue weighted by Crippen LogP contribution is 2.35. The van der Waals surface area contributed by atoms with Crippen LogP contribution in [0.3, 0.4) is 0 Å². The molecule has 150 valence electrons. The Kier molecular flexibility index (Phi) is 5.35. The van der Waals surface area contributed by atoms with E-state index in [1.54, 1.807) is 26.5 Å². The normalized spacial score (nSPS) is 11.3. The number of ether oxygens (including phenoxy) is 2. The lowest BCUT2D eigenvalue weighted by Gasteiger charge is -2.05. The summed E-state index contributed by atoms with van der Waals surface area (Å²) >= 11 is 7.30. The fraction of sp³-hybridized carbons (Fsp3) is 0.263. The van der Waals surface area contributed by atoms with Gasteiger partial charge in [-0.1, -0.05) is 11.6 Å². The number of pyridine rings is 1. The minimum absolute atomic E-state index is 0.198. The van der Waals surface area contributed by atoms with Crippen molar-refractivity contribution in [2.24, 2.45) is 0 Å². The lowest BCUT2D eigenvalue weighted by atomic mass is 10.2. The number of halogens is 1. The first-order valence-electron chi connectivity index (χ1n) is 8.74. The van der Waals surface area contributed by atoms with Gasteiger partial charge in [-0.25, -0.2) is 9.97 Å². The van der Waals surface area contributed by atoms with Gasteiger partial charge in [-0.2, -0.15) is 4.98 Å². The first kappa shape index (κ1) is 19.6. The maximum Gasteiger partial charge on any atom is 0.262 e. The highest BCUT2D eigenvalue weighted by Gasteiger charge is 2.21. The van der Waals surface area contributed by atoms with E-state index < -0.39 is 0 Å². The van der Waals surface area contributed by atoms with E-state index in [1.807, 2.05) is 23.6 Å².